The molecule has 1 aromatic carbocycles. The van der Waals surface area contributed by atoms with Gasteiger partial charge in [0, 0.05) is 34.4 Å². The summed E-state index contributed by atoms with van der Waals surface area (Å²) in [6, 6.07) is 5.68. The van der Waals surface area contributed by atoms with Crippen molar-refractivity contribution in [2.24, 2.45) is 11.7 Å². The molecule has 21 heavy (non-hydrogen) atoms. The van der Waals surface area contributed by atoms with E-state index in [4.69, 9.17) is 28.9 Å². The number of aromatic nitrogens is 2. The second-order valence-electron chi connectivity index (χ2n) is 5.65. The second kappa shape index (κ2) is 6.82. The standard InChI is InChI=1S/C16H21Cl2N3/c1-10(2)14(7-19)16-8-20-9-21(16)11(3)13-5-4-12(17)6-15(13)18/h4-6,8-11,14H,7,19H2,1-3H3. The lowest BCUT2D eigenvalue weighted by Crippen LogP contribution is -2.22. The Morgan fingerprint density at radius 3 is 2.52 bits per heavy atom. The molecular weight excluding hydrogens is 305 g/mol. The van der Waals surface area contributed by atoms with E-state index in [1.165, 1.54) is 0 Å². The SMILES string of the molecule is CC(C)C(CN)c1cncn1C(C)c1ccc(Cl)cc1Cl. The molecule has 0 spiro atoms. The van der Waals surface area contributed by atoms with Crippen molar-refractivity contribution in [3.63, 3.8) is 0 Å². The van der Waals surface area contributed by atoms with Gasteiger partial charge in [-0.1, -0.05) is 43.1 Å². The molecule has 1 aromatic heterocycles. The molecule has 0 saturated heterocycles. The van der Waals surface area contributed by atoms with E-state index >= 15 is 0 Å². The van der Waals surface area contributed by atoms with Gasteiger partial charge in [-0.15, -0.1) is 0 Å². The molecule has 2 aromatic rings. The van der Waals surface area contributed by atoms with Gasteiger partial charge in [-0.2, -0.15) is 0 Å². The highest BCUT2D eigenvalue weighted by atomic mass is 35.5. The van der Waals surface area contributed by atoms with E-state index in [1.54, 1.807) is 6.07 Å². The molecule has 0 aliphatic carbocycles. The van der Waals surface area contributed by atoms with Gasteiger partial charge in [-0.25, -0.2) is 4.98 Å². The minimum absolute atomic E-state index is 0.0834. The Kier molecular flexibility index (Phi) is 5.31. The number of nitrogens with two attached hydrogens (primary N) is 1. The maximum atomic E-state index is 6.33. The highest BCUT2D eigenvalue weighted by molar-refractivity contribution is 6.35. The van der Waals surface area contributed by atoms with Crippen LogP contribution < -0.4 is 5.73 Å². The van der Waals surface area contributed by atoms with Crippen molar-refractivity contribution < 1.29 is 0 Å². The van der Waals surface area contributed by atoms with Crippen LogP contribution in [0.2, 0.25) is 10.0 Å². The Hall–Kier alpha value is -1.03. The summed E-state index contributed by atoms with van der Waals surface area (Å²) < 4.78 is 2.15. The van der Waals surface area contributed by atoms with Crippen molar-refractivity contribution in [3.05, 3.63) is 52.0 Å². The van der Waals surface area contributed by atoms with Crippen LogP contribution in [-0.2, 0) is 0 Å². The maximum absolute atomic E-state index is 6.33. The van der Waals surface area contributed by atoms with Crippen LogP contribution >= 0.6 is 23.2 Å². The number of halogens is 2. The van der Waals surface area contributed by atoms with Crippen LogP contribution in [0.4, 0.5) is 0 Å². The molecule has 2 unspecified atom stereocenters. The van der Waals surface area contributed by atoms with Gasteiger partial charge in [-0.3, -0.25) is 0 Å². The summed E-state index contributed by atoms with van der Waals surface area (Å²) >= 11 is 12.3. The Labute approximate surface area is 136 Å². The summed E-state index contributed by atoms with van der Waals surface area (Å²) in [6.45, 7) is 7.06. The first-order valence-electron chi connectivity index (χ1n) is 7.12. The van der Waals surface area contributed by atoms with Crippen molar-refractivity contribution in [2.45, 2.75) is 32.7 Å². The van der Waals surface area contributed by atoms with E-state index in [1.807, 2.05) is 24.7 Å². The fraction of sp³-hybridized carbons (Fsp3) is 0.438. The third kappa shape index (κ3) is 3.42. The van der Waals surface area contributed by atoms with E-state index in [0.717, 1.165) is 11.3 Å². The lowest BCUT2D eigenvalue weighted by Gasteiger charge is -2.24. The van der Waals surface area contributed by atoms with Gasteiger partial charge in [-0.05, 0) is 30.5 Å². The number of rotatable bonds is 5. The Bertz CT molecular complexity index is 607. The lowest BCUT2D eigenvalue weighted by atomic mass is 9.92. The maximum Gasteiger partial charge on any atom is 0.0953 e. The molecule has 2 N–H and O–H groups in total. The topological polar surface area (TPSA) is 43.8 Å². The molecule has 0 fully saturated rings. The van der Waals surface area contributed by atoms with Crippen molar-refractivity contribution in [2.75, 3.05) is 6.54 Å². The van der Waals surface area contributed by atoms with E-state index in [9.17, 15) is 0 Å². The van der Waals surface area contributed by atoms with Crippen LogP contribution in [0.5, 0.6) is 0 Å². The van der Waals surface area contributed by atoms with Crippen LogP contribution in [0.3, 0.4) is 0 Å². The zero-order chi connectivity index (χ0) is 15.6. The summed E-state index contributed by atoms with van der Waals surface area (Å²) in [5, 5.41) is 1.31. The van der Waals surface area contributed by atoms with Crippen LogP contribution in [0.1, 0.15) is 44.0 Å². The third-order valence-electron chi connectivity index (χ3n) is 3.96. The summed E-state index contributed by atoms with van der Waals surface area (Å²) in [7, 11) is 0. The predicted octanol–water partition coefficient (Wildman–Crippen LogP) is 4.50. The van der Waals surface area contributed by atoms with Gasteiger partial charge in [0.05, 0.1) is 12.4 Å². The van der Waals surface area contributed by atoms with E-state index < -0.39 is 0 Å². The normalized spacial score (nSPS) is 14.4. The fourth-order valence-electron chi connectivity index (χ4n) is 2.65. The zero-order valence-electron chi connectivity index (χ0n) is 12.6. The molecular formula is C16H21Cl2N3. The molecule has 2 atom stereocenters. The lowest BCUT2D eigenvalue weighted by molar-refractivity contribution is 0.463. The Morgan fingerprint density at radius 2 is 1.95 bits per heavy atom. The van der Waals surface area contributed by atoms with Crippen molar-refractivity contribution in [3.8, 4) is 0 Å². The molecule has 0 bridgehead atoms. The predicted molar refractivity (Wildman–Crippen MR) is 89.1 cm³/mol. The molecule has 114 valence electrons. The first-order valence-corrected chi connectivity index (χ1v) is 7.88. The summed E-state index contributed by atoms with van der Waals surface area (Å²) in [6.07, 6.45) is 3.74. The summed E-state index contributed by atoms with van der Waals surface area (Å²) in [5.41, 5.74) is 8.11. The number of benzene rings is 1. The number of hydrogen-bond donors (Lipinski definition) is 1. The average molecular weight is 326 g/mol. The first kappa shape index (κ1) is 16.3. The smallest absolute Gasteiger partial charge is 0.0953 e. The molecule has 2 rings (SSSR count). The second-order valence-corrected chi connectivity index (χ2v) is 6.50. The fourth-order valence-corrected chi connectivity index (χ4v) is 3.22. The Morgan fingerprint density at radius 1 is 1.24 bits per heavy atom. The van der Waals surface area contributed by atoms with E-state index in [2.05, 4.69) is 30.3 Å². The van der Waals surface area contributed by atoms with Gasteiger partial charge in [0.15, 0.2) is 0 Å². The van der Waals surface area contributed by atoms with Crippen molar-refractivity contribution in [1.29, 1.82) is 0 Å². The first-order chi connectivity index (χ1) is 9.95. The third-order valence-corrected chi connectivity index (χ3v) is 4.53. The minimum atomic E-state index is 0.0834. The molecule has 0 amide bonds. The van der Waals surface area contributed by atoms with Crippen LogP contribution in [0.15, 0.2) is 30.7 Å². The number of hydrogen-bond acceptors (Lipinski definition) is 2. The molecule has 1 heterocycles. The van der Waals surface area contributed by atoms with Gasteiger partial charge >= 0.3 is 0 Å². The van der Waals surface area contributed by atoms with Crippen LogP contribution in [0.25, 0.3) is 0 Å². The molecule has 5 heteroatoms. The molecule has 0 saturated carbocycles. The van der Waals surface area contributed by atoms with Crippen molar-refractivity contribution in [1.82, 2.24) is 9.55 Å². The van der Waals surface area contributed by atoms with Crippen molar-refractivity contribution >= 4 is 23.2 Å². The number of nitrogens with zero attached hydrogens (tertiary/aromatic N) is 2. The van der Waals surface area contributed by atoms with Gasteiger partial charge < -0.3 is 10.3 Å². The van der Waals surface area contributed by atoms with E-state index in [0.29, 0.717) is 22.5 Å². The van der Waals surface area contributed by atoms with Gasteiger partial charge in [0.25, 0.3) is 0 Å². The number of imidazole rings is 1. The average Bonchev–Trinajstić information content (AvgIpc) is 2.87. The quantitative estimate of drug-likeness (QED) is 0.879. The minimum Gasteiger partial charge on any atom is -0.330 e. The zero-order valence-corrected chi connectivity index (χ0v) is 14.1. The molecule has 3 nitrogen and oxygen atoms in total. The largest absolute Gasteiger partial charge is 0.330 e. The Balaban J connectivity index is 2.40. The molecule has 0 aliphatic rings. The monoisotopic (exact) mass is 325 g/mol. The summed E-state index contributed by atoms with van der Waals surface area (Å²) in [5.74, 6) is 0.736. The highest BCUT2D eigenvalue weighted by Gasteiger charge is 2.22. The molecule has 0 aliphatic heterocycles. The van der Waals surface area contributed by atoms with E-state index in [-0.39, 0.29) is 12.0 Å². The van der Waals surface area contributed by atoms with Gasteiger partial charge in [0.2, 0.25) is 0 Å². The van der Waals surface area contributed by atoms with Gasteiger partial charge in [0.1, 0.15) is 0 Å². The highest BCUT2D eigenvalue weighted by Crippen LogP contribution is 2.32. The van der Waals surface area contributed by atoms with Crippen LogP contribution in [-0.4, -0.2) is 16.1 Å². The summed E-state index contributed by atoms with van der Waals surface area (Å²) in [4.78, 5) is 4.31. The molecule has 0 radical (unpaired) electrons. The van der Waals surface area contributed by atoms with Crippen LogP contribution in [0, 0.1) is 5.92 Å².